The molecule has 162 valence electrons. The van der Waals surface area contributed by atoms with Crippen molar-refractivity contribution in [1.82, 2.24) is 10.2 Å². The zero-order valence-electron chi connectivity index (χ0n) is 16.2. The third-order valence-corrected chi connectivity index (χ3v) is 7.10. The number of carbonyl (C=O) groups excluding carboxylic acids is 1. The van der Waals surface area contributed by atoms with Crippen LogP contribution < -0.4 is 10.6 Å². The van der Waals surface area contributed by atoms with Gasteiger partial charge in [-0.3, -0.25) is 4.90 Å². The van der Waals surface area contributed by atoms with Crippen LogP contribution in [0.2, 0.25) is 5.02 Å². The molecule has 0 saturated carbocycles. The molecule has 2 atom stereocenters. The van der Waals surface area contributed by atoms with E-state index < -0.39 is 17.8 Å². The number of anilines is 1. The van der Waals surface area contributed by atoms with Crippen molar-refractivity contribution in [1.29, 1.82) is 0 Å². The van der Waals surface area contributed by atoms with Crippen molar-refractivity contribution >= 4 is 34.7 Å². The number of urea groups is 1. The predicted octanol–water partition coefficient (Wildman–Crippen LogP) is 6.13. The Morgan fingerprint density at radius 3 is 2.57 bits per heavy atom. The second-order valence-electron chi connectivity index (χ2n) is 7.95. The number of thiophene rings is 1. The number of nitrogens with zero attached hydrogens (tertiary/aromatic N) is 1. The molecule has 0 radical (unpaired) electrons. The first-order valence-electron chi connectivity index (χ1n) is 10.0. The van der Waals surface area contributed by atoms with Gasteiger partial charge in [-0.25, -0.2) is 4.79 Å². The van der Waals surface area contributed by atoms with E-state index in [0.29, 0.717) is 12.1 Å². The van der Waals surface area contributed by atoms with Gasteiger partial charge in [0.25, 0.3) is 0 Å². The fourth-order valence-corrected chi connectivity index (χ4v) is 5.55. The summed E-state index contributed by atoms with van der Waals surface area (Å²) in [6.45, 7) is 0.941. The van der Waals surface area contributed by atoms with Gasteiger partial charge in [-0.05, 0) is 55.3 Å². The lowest BCUT2D eigenvalue weighted by atomic mass is 9.81. The maximum atomic E-state index is 13.0. The third-order valence-electron chi connectivity index (χ3n) is 5.91. The van der Waals surface area contributed by atoms with Gasteiger partial charge in [-0.2, -0.15) is 13.2 Å². The Morgan fingerprint density at radius 2 is 1.93 bits per heavy atom. The molecule has 0 spiro atoms. The Kier molecular flexibility index (Phi) is 6.27. The molecule has 0 aliphatic carbocycles. The molecule has 1 aromatic heterocycles. The topological polar surface area (TPSA) is 44.4 Å². The summed E-state index contributed by atoms with van der Waals surface area (Å²) in [7, 11) is 0. The minimum absolute atomic E-state index is 0.00859. The van der Waals surface area contributed by atoms with Gasteiger partial charge in [-0.15, -0.1) is 11.3 Å². The van der Waals surface area contributed by atoms with Crippen LogP contribution >= 0.6 is 22.9 Å². The summed E-state index contributed by atoms with van der Waals surface area (Å²) in [6, 6.07) is 7.95. The molecule has 4 rings (SSSR count). The van der Waals surface area contributed by atoms with Crippen LogP contribution in [0.4, 0.5) is 23.7 Å². The van der Waals surface area contributed by atoms with E-state index in [9.17, 15) is 18.0 Å². The number of piperidine rings is 2. The lowest BCUT2D eigenvalue weighted by molar-refractivity contribution is -0.137. The van der Waals surface area contributed by atoms with Gasteiger partial charge in [0, 0.05) is 35.2 Å². The van der Waals surface area contributed by atoms with Crippen LogP contribution in [0.15, 0.2) is 35.7 Å². The molecule has 30 heavy (non-hydrogen) atoms. The molecule has 2 saturated heterocycles. The lowest BCUT2D eigenvalue weighted by Gasteiger charge is -2.48. The summed E-state index contributed by atoms with van der Waals surface area (Å²) in [4.78, 5) is 16.3. The first-order valence-corrected chi connectivity index (χ1v) is 11.3. The number of rotatable bonds is 4. The van der Waals surface area contributed by atoms with E-state index in [1.54, 1.807) is 11.3 Å². The second-order valence-corrected chi connectivity index (χ2v) is 9.39. The Bertz CT molecular complexity index is 876. The van der Waals surface area contributed by atoms with Crippen molar-refractivity contribution in [3.05, 3.63) is 51.2 Å². The smallest absolute Gasteiger partial charge is 0.335 e. The van der Waals surface area contributed by atoms with Crippen LogP contribution in [0, 0.1) is 0 Å². The largest absolute Gasteiger partial charge is 0.417 e. The SMILES string of the molecule is O=C(Nc1ccc(Cl)c(C(F)(F)F)c1)NC1CC2CCCC(C1)N2Cc1cccs1. The molecule has 2 bridgehead atoms. The van der Waals surface area contributed by atoms with Gasteiger partial charge in [0.05, 0.1) is 10.6 Å². The molecule has 4 nitrogen and oxygen atoms in total. The summed E-state index contributed by atoms with van der Waals surface area (Å²) in [6.07, 6.45) is 0.535. The van der Waals surface area contributed by atoms with Gasteiger partial charge < -0.3 is 10.6 Å². The average molecular weight is 458 g/mol. The Labute approximate surface area is 182 Å². The zero-order valence-corrected chi connectivity index (χ0v) is 17.8. The van der Waals surface area contributed by atoms with Crippen LogP contribution in [0.5, 0.6) is 0 Å². The predicted molar refractivity (Wildman–Crippen MR) is 113 cm³/mol. The highest BCUT2D eigenvalue weighted by Crippen LogP contribution is 2.37. The molecule has 1 aromatic carbocycles. The first kappa shape index (κ1) is 21.5. The molecular formula is C21H23ClF3N3OS. The van der Waals surface area contributed by atoms with Gasteiger partial charge >= 0.3 is 12.2 Å². The molecule has 2 aliphatic rings. The maximum absolute atomic E-state index is 13.0. The van der Waals surface area contributed by atoms with E-state index in [4.69, 9.17) is 11.6 Å². The van der Waals surface area contributed by atoms with Crippen LogP contribution in [-0.4, -0.2) is 29.1 Å². The van der Waals surface area contributed by atoms with E-state index >= 15 is 0 Å². The van der Waals surface area contributed by atoms with Crippen molar-refractivity contribution in [3.8, 4) is 0 Å². The highest BCUT2D eigenvalue weighted by molar-refractivity contribution is 7.09. The number of hydrogen-bond donors (Lipinski definition) is 2. The lowest BCUT2D eigenvalue weighted by Crippen LogP contribution is -2.56. The van der Waals surface area contributed by atoms with Crippen LogP contribution in [0.25, 0.3) is 0 Å². The van der Waals surface area contributed by atoms with Crippen LogP contribution in [0.1, 0.15) is 42.5 Å². The molecule has 2 amide bonds. The normalized spacial score (nSPS) is 24.5. The van der Waals surface area contributed by atoms with Crippen molar-refractivity contribution in [3.63, 3.8) is 0 Å². The third kappa shape index (κ3) is 4.92. The molecule has 2 fully saturated rings. The maximum Gasteiger partial charge on any atom is 0.417 e. The molecule has 9 heteroatoms. The van der Waals surface area contributed by atoms with Crippen molar-refractivity contribution in [2.24, 2.45) is 0 Å². The summed E-state index contributed by atoms with van der Waals surface area (Å²) >= 11 is 7.40. The Morgan fingerprint density at radius 1 is 1.20 bits per heavy atom. The van der Waals surface area contributed by atoms with E-state index in [-0.39, 0.29) is 16.8 Å². The first-order chi connectivity index (χ1) is 14.3. The van der Waals surface area contributed by atoms with Gasteiger partial charge in [-0.1, -0.05) is 24.1 Å². The van der Waals surface area contributed by atoms with E-state index in [2.05, 4.69) is 33.0 Å². The van der Waals surface area contributed by atoms with Crippen LogP contribution in [0.3, 0.4) is 0 Å². The summed E-state index contributed by atoms with van der Waals surface area (Å²) in [5, 5.41) is 7.18. The molecule has 2 unspecified atom stereocenters. The van der Waals surface area contributed by atoms with Gasteiger partial charge in [0.2, 0.25) is 0 Å². The Hall–Kier alpha value is -1.77. The number of hydrogen-bond acceptors (Lipinski definition) is 3. The van der Waals surface area contributed by atoms with E-state index in [0.717, 1.165) is 44.4 Å². The van der Waals surface area contributed by atoms with Gasteiger partial charge in [0.15, 0.2) is 0 Å². The molecule has 2 aliphatic heterocycles. The minimum atomic E-state index is -4.57. The van der Waals surface area contributed by atoms with Gasteiger partial charge in [0.1, 0.15) is 0 Å². The molecule has 2 N–H and O–H groups in total. The molecule has 2 aromatic rings. The number of nitrogens with one attached hydrogen (secondary N) is 2. The molecular weight excluding hydrogens is 435 g/mol. The molecule has 3 heterocycles. The fraction of sp³-hybridized carbons (Fsp3) is 0.476. The van der Waals surface area contributed by atoms with Crippen molar-refractivity contribution < 1.29 is 18.0 Å². The summed E-state index contributed by atoms with van der Waals surface area (Å²) in [5.41, 5.74) is -0.891. The van der Waals surface area contributed by atoms with E-state index in [1.165, 1.54) is 17.4 Å². The number of fused-ring (bicyclic) bond motifs is 2. The number of carbonyl (C=O) groups is 1. The minimum Gasteiger partial charge on any atom is -0.335 e. The van der Waals surface area contributed by atoms with E-state index in [1.807, 2.05) is 0 Å². The number of amides is 2. The summed E-state index contributed by atoms with van der Waals surface area (Å²) in [5.74, 6) is 0. The quantitative estimate of drug-likeness (QED) is 0.580. The monoisotopic (exact) mass is 457 g/mol. The summed E-state index contributed by atoms with van der Waals surface area (Å²) < 4.78 is 39.1. The highest BCUT2D eigenvalue weighted by atomic mass is 35.5. The zero-order chi connectivity index (χ0) is 21.3. The second kappa shape index (κ2) is 8.77. The number of benzene rings is 1. The number of halogens is 4. The highest BCUT2D eigenvalue weighted by Gasteiger charge is 2.39. The number of alkyl halides is 3. The standard InChI is InChI=1S/C21H23ClF3N3OS/c22-19-7-6-13(11-18(19)21(23,24)25)26-20(29)27-14-9-15-3-1-4-16(10-14)28(15)12-17-5-2-8-30-17/h2,5-8,11,14-16H,1,3-4,9-10,12H2,(H2,26,27,29). The average Bonchev–Trinajstić information content (AvgIpc) is 3.16. The fourth-order valence-electron chi connectivity index (χ4n) is 4.61. The van der Waals surface area contributed by atoms with Crippen molar-refractivity contribution in [2.45, 2.75) is 63.0 Å². The van der Waals surface area contributed by atoms with Crippen molar-refractivity contribution in [2.75, 3.05) is 5.32 Å². The van der Waals surface area contributed by atoms with Crippen LogP contribution in [-0.2, 0) is 12.7 Å². The Balaban J connectivity index is 1.37.